The molecule has 3 rings (SSSR count). The Labute approximate surface area is 170 Å². The van der Waals surface area contributed by atoms with Crippen molar-refractivity contribution in [1.82, 2.24) is 9.88 Å². The Balaban J connectivity index is 1.94. The largest absolute Gasteiger partial charge is 0.416 e. The minimum Gasteiger partial charge on any atom is -0.361 e. The van der Waals surface area contributed by atoms with Crippen LogP contribution in [0.25, 0.3) is 11.1 Å². The number of nitrogens with zero attached hydrogens (tertiary/aromatic N) is 1. The van der Waals surface area contributed by atoms with E-state index in [0.29, 0.717) is 22.9 Å². The van der Waals surface area contributed by atoms with Crippen LogP contribution in [-0.4, -0.2) is 20.1 Å². The highest BCUT2D eigenvalue weighted by Crippen LogP contribution is 2.36. The van der Waals surface area contributed by atoms with Gasteiger partial charge in [-0.2, -0.15) is 13.2 Å². The van der Waals surface area contributed by atoms with E-state index in [1.165, 1.54) is 25.1 Å². The Hall–Kier alpha value is -2.72. The summed E-state index contributed by atoms with van der Waals surface area (Å²) in [6.45, 7) is 2.97. The van der Waals surface area contributed by atoms with Gasteiger partial charge in [0.05, 0.1) is 16.2 Å². The van der Waals surface area contributed by atoms with E-state index in [-0.39, 0.29) is 24.3 Å². The first-order chi connectivity index (χ1) is 14.0. The minimum absolute atomic E-state index is 0.0339. The smallest absolute Gasteiger partial charge is 0.361 e. The fourth-order valence-corrected chi connectivity index (χ4v) is 4.16. The van der Waals surface area contributed by atoms with Crippen LogP contribution >= 0.6 is 0 Å². The van der Waals surface area contributed by atoms with E-state index >= 15 is 0 Å². The minimum atomic E-state index is -4.75. The fraction of sp³-hybridized carbons (Fsp3) is 0.250. The van der Waals surface area contributed by atoms with Gasteiger partial charge in [-0.3, -0.25) is 0 Å². The van der Waals surface area contributed by atoms with Crippen molar-refractivity contribution in [1.29, 1.82) is 0 Å². The Kier molecular flexibility index (Phi) is 6.00. The van der Waals surface area contributed by atoms with Crippen LogP contribution in [0.4, 0.5) is 17.6 Å². The molecule has 1 aromatic heterocycles. The molecule has 0 amide bonds. The maximum absolute atomic E-state index is 13.4. The first-order valence-electron chi connectivity index (χ1n) is 8.87. The summed E-state index contributed by atoms with van der Waals surface area (Å²) in [5.41, 5.74) is 0.127. The van der Waals surface area contributed by atoms with E-state index in [9.17, 15) is 26.0 Å². The number of aromatic nitrogens is 1. The van der Waals surface area contributed by atoms with Crippen LogP contribution in [0, 0.1) is 19.7 Å². The van der Waals surface area contributed by atoms with Crippen molar-refractivity contribution in [2.75, 3.05) is 6.54 Å². The van der Waals surface area contributed by atoms with Gasteiger partial charge in [0, 0.05) is 12.1 Å². The molecule has 0 atom stereocenters. The molecule has 30 heavy (non-hydrogen) atoms. The summed E-state index contributed by atoms with van der Waals surface area (Å²) in [7, 11) is -4.26. The molecule has 0 aliphatic carbocycles. The molecular formula is C20H18F4N2O3S. The van der Waals surface area contributed by atoms with Crippen molar-refractivity contribution in [2.24, 2.45) is 0 Å². The molecule has 0 saturated carbocycles. The first kappa shape index (κ1) is 22.0. The van der Waals surface area contributed by atoms with Gasteiger partial charge in [0.25, 0.3) is 0 Å². The topological polar surface area (TPSA) is 72.2 Å². The van der Waals surface area contributed by atoms with Crippen molar-refractivity contribution in [3.05, 3.63) is 70.9 Å². The van der Waals surface area contributed by atoms with Crippen molar-refractivity contribution in [3.8, 4) is 11.1 Å². The van der Waals surface area contributed by atoms with Gasteiger partial charge in [-0.1, -0.05) is 17.3 Å². The molecule has 10 heteroatoms. The number of alkyl halides is 3. The lowest BCUT2D eigenvalue weighted by molar-refractivity contribution is -0.137. The molecule has 1 heterocycles. The summed E-state index contributed by atoms with van der Waals surface area (Å²) in [6, 6.07) is 8.20. The summed E-state index contributed by atoms with van der Waals surface area (Å²) in [4.78, 5) is -0.536. The van der Waals surface area contributed by atoms with Crippen LogP contribution < -0.4 is 4.72 Å². The third-order valence-corrected chi connectivity index (χ3v) is 5.90. The molecule has 0 radical (unpaired) electrons. The van der Waals surface area contributed by atoms with Crippen molar-refractivity contribution in [2.45, 2.75) is 31.3 Å². The monoisotopic (exact) mass is 442 g/mol. The predicted octanol–water partition coefficient (Wildman–Crippen LogP) is 4.64. The summed E-state index contributed by atoms with van der Waals surface area (Å²) in [5, 5.41) is 3.71. The number of nitrogens with one attached hydrogen (secondary N) is 1. The van der Waals surface area contributed by atoms with Crippen molar-refractivity contribution >= 4 is 10.0 Å². The zero-order chi connectivity index (χ0) is 22.1. The van der Waals surface area contributed by atoms with Gasteiger partial charge < -0.3 is 4.52 Å². The lowest BCUT2D eigenvalue weighted by Gasteiger charge is -2.13. The van der Waals surface area contributed by atoms with Crippen LogP contribution in [0.5, 0.6) is 0 Å². The number of rotatable bonds is 6. The third-order valence-electron chi connectivity index (χ3n) is 4.46. The van der Waals surface area contributed by atoms with Crippen LogP contribution in [-0.2, 0) is 22.6 Å². The molecule has 0 unspecified atom stereocenters. The number of hydrogen-bond acceptors (Lipinski definition) is 4. The van der Waals surface area contributed by atoms with Gasteiger partial charge in [0.15, 0.2) is 0 Å². The van der Waals surface area contributed by atoms with Gasteiger partial charge >= 0.3 is 6.18 Å². The molecular weight excluding hydrogens is 424 g/mol. The van der Waals surface area contributed by atoms with Crippen LogP contribution in [0.3, 0.4) is 0 Å². The van der Waals surface area contributed by atoms with E-state index in [1.807, 2.05) is 0 Å². The summed E-state index contributed by atoms with van der Waals surface area (Å²) in [5.74, 6) is -0.188. The Morgan fingerprint density at radius 2 is 1.83 bits per heavy atom. The zero-order valence-electron chi connectivity index (χ0n) is 16.0. The number of sulfonamides is 1. The lowest BCUT2D eigenvalue weighted by Crippen LogP contribution is -2.26. The fourth-order valence-electron chi connectivity index (χ4n) is 3.06. The highest BCUT2D eigenvalue weighted by atomic mass is 32.2. The zero-order valence-corrected chi connectivity index (χ0v) is 16.9. The van der Waals surface area contributed by atoms with E-state index in [1.54, 1.807) is 13.0 Å². The molecule has 0 spiro atoms. The maximum Gasteiger partial charge on any atom is 0.416 e. The second kappa shape index (κ2) is 8.19. The normalized spacial score (nSPS) is 12.3. The summed E-state index contributed by atoms with van der Waals surface area (Å²) < 4.78 is 86.0. The number of hydrogen-bond donors (Lipinski definition) is 1. The van der Waals surface area contributed by atoms with Crippen LogP contribution in [0.15, 0.2) is 51.9 Å². The first-order valence-corrected chi connectivity index (χ1v) is 10.4. The van der Waals surface area contributed by atoms with Gasteiger partial charge in [-0.05, 0) is 61.7 Å². The van der Waals surface area contributed by atoms with Crippen molar-refractivity contribution in [3.63, 3.8) is 0 Å². The van der Waals surface area contributed by atoms with Crippen LogP contribution in [0.2, 0.25) is 0 Å². The number of aryl methyl sites for hydroxylation is 2. The van der Waals surface area contributed by atoms with Gasteiger partial charge in [-0.15, -0.1) is 0 Å². The van der Waals surface area contributed by atoms with E-state index in [0.717, 1.165) is 12.1 Å². The molecule has 2 aromatic carbocycles. The van der Waals surface area contributed by atoms with E-state index in [2.05, 4.69) is 9.88 Å². The van der Waals surface area contributed by atoms with Crippen molar-refractivity contribution < 1.29 is 30.5 Å². The summed E-state index contributed by atoms with van der Waals surface area (Å²) in [6.07, 6.45) is -4.58. The Morgan fingerprint density at radius 3 is 2.43 bits per heavy atom. The number of halogens is 4. The van der Waals surface area contributed by atoms with Gasteiger partial charge in [0.2, 0.25) is 10.0 Å². The standard InChI is InChI=1S/C20H18F4N2O3S/c1-12-19(13(2)29-26-12)15-9-16(20(22,23)24)11-18(10-15)30(27,28)25-7-6-14-4-3-5-17(21)8-14/h3-5,8-11,25H,6-7H2,1-2H3. The molecule has 0 bridgehead atoms. The SMILES string of the molecule is Cc1noc(C)c1-c1cc(C(F)(F)F)cc(S(=O)(=O)NCCc2cccc(F)c2)c1. The quantitative estimate of drug-likeness (QED) is 0.565. The van der Waals surface area contributed by atoms with Gasteiger partial charge in [0.1, 0.15) is 11.6 Å². The molecule has 0 aliphatic rings. The average Bonchev–Trinajstić information content (AvgIpc) is 2.99. The molecule has 0 aliphatic heterocycles. The molecule has 0 fully saturated rings. The number of benzene rings is 2. The second-order valence-corrected chi connectivity index (χ2v) is 8.49. The highest BCUT2D eigenvalue weighted by molar-refractivity contribution is 7.89. The second-order valence-electron chi connectivity index (χ2n) is 6.72. The molecule has 160 valence electrons. The predicted molar refractivity (Wildman–Crippen MR) is 102 cm³/mol. The maximum atomic E-state index is 13.4. The van der Waals surface area contributed by atoms with Gasteiger partial charge in [-0.25, -0.2) is 17.5 Å². The van der Waals surface area contributed by atoms with E-state index in [4.69, 9.17) is 4.52 Å². The molecule has 5 nitrogen and oxygen atoms in total. The molecule has 1 N–H and O–H groups in total. The average molecular weight is 442 g/mol. The Bertz CT molecular complexity index is 1150. The van der Waals surface area contributed by atoms with Crippen LogP contribution in [0.1, 0.15) is 22.6 Å². The highest BCUT2D eigenvalue weighted by Gasteiger charge is 2.33. The molecule has 3 aromatic rings. The Morgan fingerprint density at radius 1 is 1.10 bits per heavy atom. The lowest BCUT2D eigenvalue weighted by atomic mass is 10.0. The summed E-state index contributed by atoms with van der Waals surface area (Å²) >= 11 is 0. The van der Waals surface area contributed by atoms with E-state index < -0.39 is 32.5 Å². The third kappa shape index (κ3) is 4.88. The molecule has 0 saturated heterocycles.